The van der Waals surface area contributed by atoms with Crippen molar-refractivity contribution in [2.24, 2.45) is 5.84 Å². The Morgan fingerprint density at radius 3 is 2.75 bits per heavy atom. The Balaban J connectivity index is 1.95. The number of rotatable bonds is 5. The van der Waals surface area contributed by atoms with E-state index in [1.165, 1.54) is 4.90 Å². The van der Waals surface area contributed by atoms with E-state index >= 15 is 0 Å². The first kappa shape index (κ1) is 14.6. The fraction of sp³-hybridized carbons (Fsp3) is 0.500. The van der Waals surface area contributed by atoms with Gasteiger partial charge >= 0.3 is 0 Å². The number of hydrogen-bond donors (Lipinski definition) is 3. The molecule has 0 saturated carbocycles. The second-order valence-electron chi connectivity index (χ2n) is 4.88. The standard InChI is InChI=1S/C14H22N4O2/c1-2-20-13-6-4-3-5-12(13)18-9-7-17(8-10-18)11-14(19)16-15/h3-6H,2,7-11,15H2,1H3,(H,16,19)/p+1. The number of nitrogens with one attached hydrogen (secondary N) is 2. The fourth-order valence-electron chi connectivity index (χ4n) is 2.51. The van der Waals surface area contributed by atoms with Crippen molar-refractivity contribution < 1.29 is 14.4 Å². The van der Waals surface area contributed by atoms with Crippen LogP contribution < -0.4 is 25.8 Å². The molecule has 20 heavy (non-hydrogen) atoms. The van der Waals surface area contributed by atoms with Gasteiger partial charge in [-0.2, -0.15) is 0 Å². The Morgan fingerprint density at radius 1 is 1.40 bits per heavy atom. The number of piperazine rings is 1. The highest BCUT2D eigenvalue weighted by molar-refractivity contribution is 5.76. The van der Waals surface area contributed by atoms with Crippen LogP contribution in [-0.4, -0.2) is 45.2 Å². The van der Waals surface area contributed by atoms with Crippen LogP contribution in [-0.2, 0) is 4.79 Å². The van der Waals surface area contributed by atoms with Crippen LogP contribution in [0.3, 0.4) is 0 Å². The molecule has 0 radical (unpaired) electrons. The first-order valence-electron chi connectivity index (χ1n) is 7.04. The monoisotopic (exact) mass is 279 g/mol. The summed E-state index contributed by atoms with van der Waals surface area (Å²) in [6, 6.07) is 8.10. The summed E-state index contributed by atoms with van der Waals surface area (Å²) in [5.41, 5.74) is 3.32. The molecule has 6 nitrogen and oxygen atoms in total. The van der Waals surface area contributed by atoms with E-state index in [1.54, 1.807) is 0 Å². The minimum Gasteiger partial charge on any atom is -0.492 e. The van der Waals surface area contributed by atoms with Crippen LogP contribution in [0.15, 0.2) is 24.3 Å². The summed E-state index contributed by atoms with van der Waals surface area (Å²) >= 11 is 0. The van der Waals surface area contributed by atoms with Gasteiger partial charge in [0, 0.05) is 0 Å². The van der Waals surface area contributed by atoms with Gasteiger partial charge in [-0.25, -0.2) is 5.84 Å². The predicted molar refractivity (Wildman–Crippen MR) is 77.7 cm³/mol. The largest absolute Gasteiger partial charge is 0.492 e. The lowest BCUT2D eigenvalue weighted by molar-refractivity contribution is -0.892. The highest BCUT2D eigenvalue weighted by Gasteiger charge is 2.23. The molecule has 1 aliphatic rings. The number of hydrazine groups is 1. The van der Waals surface area contributed by atoms with Crippen molar-refractivity contribution in [3.05, 3.63) is 24.3 Å². The van der Waals surface area contributed by atoms with Crippen LogP contribution in [0.25, 0.3) is 0 Å². The number of ether oxygens (including phenoxy) is 1. The molecule has 4 N–H and O–H groups in total. The summed E-state index contributed by atoms with van der Waals surface area (Å²) in [6.45, 7) is 6.77. The molecule has 6 heteroatoms. The third-order valence-corrected chi connectivity index (χ3v) is 3.55. The molecule has 0 bridgehead atoms. The van der Waals surface area contributed by atoms with E-state index < -0.39 is 0 Å². The second-order valence-corrected chi connectivity index (χ2v) is 4.88. The Kier molecular flexibility index (Phi) is 5.20. The Morgan fingerprint density at radius 2 is 2.10 bits per heavy atom. The number of hydrogen-bond acceptors (Lipinski definition) is 4. The number of nitrogens with zero attached hydrogens (tertiary/aromatic N) is 1. The molecule has 1 heterocycles. The van der Waals surface area contributed by atoms with E-state index in [4.69, 9.17) is 10.6 Å². The lowest BCUT2D eigenvalue weighted by Crippen LogP contribution is -3.16. The van der Waals surface area contributed by atoms with E-state index in [2.05, 4.69) is 16.4 Å². The number of carbonyl (C=O) groups excluding carboxylic acids is 1. The van der Waals surface area contributed by atoms with Gasteiger partial charge in [-0.15, -0.1) is 0 Å². The molecule has 1 amide bonds. The Hall–Kier alpha value is -1.79. The van der Waals surface area contributed by atoms with Crippen molar-refractivity contribution in [1.82, 2.24) is 5.43 Å². The average molecular weight is 279 g/mol. The zero-order chi connectivity index (χ0) is 14.4. The van der Waals surface area contributed by atoms with E-state index in [0.717, 1.165) is 37.6 Å². The molecule has 0 aromatic heterocycles. The molecule has 1 aromatic rings. The Bertz CT molecular complexity index is 445. The summed E-state index contributed by atoms with van der Waals surface area (Å²) in [4.78, 5) is 14.9. The van der Waals surface area contributed by atoms with E-state index in [9.17, 15) is 4.79 Å². The van der Waals surface area contributed by atoms with Crippen LogP contribution in [0.4, 0.5) is 5.69 Å². The molecular formula is C14H23N4O2+. The summed E-state index contributed by atoms with van der Waals surface area (Å²) in [6.07, 6.45) is 0. The molecule has 1 saturated heterocycles. The maximum Gasteiger partial charge on any atom is 0.289 e. The van der Waals surface area contributed by atoms with Crippen LogP contribution in [0.5, 0.6) is 5.75 Å². The van der Waals surface area contributed by atoms with Crippen LogP contribution in [0.2, 0.25) is 0 Å². The van der Waals surface area contributed by atoms with Crippen molar-refractivity contribution in [3.8, 4) is 5.75 Å². The molecule has 0 aliphatic carbocycles. The van der Waals surface area contributed by atoms with Crippen LogP contribution in [0, 0.1) is 0 Å². The Labute approximate surface area is 119 Å². The van der Waals surface area contributed by atoms with E-state index in [-0.39, 0.29) is 5.91 Å². The smallest absolute Gasteiger partial charge is 0.289 e. The van der Waals surface area contributed by atoms with Gasteiger partial charge in [0.2, 0.25) is 0 Å². The quantitative estimate of drug-likeness (QED) is 0.359. The van der Waals surface area contributed by atoms with Gasteiger partial charge in [0.25, 0.3) is 5.91 Å². The summed E-state index contributed by atoms with van der Waals surface area (Å²) < 4.78 is 5.67. The van der Waals surface area contributed by atoms with Gasteiger partial charge in [0.15, 0.2) is 6.54 Å². The molecule has 2 rings (SSSR count). The average Bonchev–Trinajstić information content (AvgIpc) is 2.49. The second kappa shape index (κ2) is 7.12. The maximum atomic E-state index is 11.3. The van der Waals surface area contributed by atoms with E-state index in [0.29, 0.717) is 13.2 Å². The van der Waals surface area contributed by atoms with Gasteiger partial charge in [-0.05, 0) is 19.1 Å². The SMILES string of the molecule is CCOc1ccccc1N1CC[NH+](CC(=O)NN)CC1. The summed E-state index contributed by atoms with van der Waals surface area (Å²) in [7, 11) is 0. The summed E-state index contributed by atoms with van der Waals surface area (Å²) in [5, 5.41) is 0. The molecule has 1 fully saturated rings. The predicted octanol–water partition coefficient (Wildman–Crippen LogP) is -1.22. The number of carbonyl (C=O) groups is 1. The minimum absolute atomic E-state index is 0.108. The van der Waals surface area contributed by atoms with Crippen molar-refractivity contribution in [2.45, 2.75) is 6.92 Å². The van der Waals surface area contributed by atoms with Crippen molar-refractivity contribution in [1.29, 1.82) is 0 Å². The number of para-hydroxylation sites is 2. The zero-order valence-corrected chi connectivity index (χ0v) is 11.9. The number of anilines is 1. The molecule has 1 aliphatic heterocycles. The molecule has 110 valence electrons. The van der Waals surface area contributed by atoms with Crippen molar-refractivity contribution in [3.63, 3.8) is 0 Å². The third kappa shape index (κ3) is 3.61. The molecule has 0 spiro atoms. The molecule has 1 aromatic carbocycles. The molecular weight excluding hydrogens is 256 g/mol. The zero-order valence-electron chi connectivity index (χ0n) is 11.9. The van der Waals surface area contributed by atoms with Crippen molar-refractivity contribution in [2.75, 3.05) is 44.2 Å². The molecule has 0 unspecified atom stereocenters. The number of benzene rings is 1. The maximum absolute atomic E-state index is 11.3. The lowest BCUT2D eigenvalue weighted by atomic mass is 10.2. The number of amides is 1. The van der Waals surface area contributed by atoms with Gasteiger partial charge in [-0.1, -0.05) is 12.1 Å². The first-order chi connectivity index (χ1) is 9.74. The van der Waals surface area contributed by atoms with Crippen LogP contribution in [0.1, 0.15) is 6.92 Å². The van der Waals surface area contributed by atoms with Gasteiger partial charge in [0.05, 0.1) is 38.5 Å². The highest BCUT2D eigenvalue weighted by Crippen LogP contribution is 2.27. The van der Waals surface area contributed by atoms with Crippen LogP contribution >= 0.6 is 0 Å². The normalized spacial score (nSPS) is 16.0. The molecule has 0 atom stereocenters. The highest BCUT2D eigenvalue weighted by atomic mass is 16.5. The third-order valence-electron chi connectivity index (χ3n) is 3.55. The fourth-order valence-corrected chi connectivity index (χ4v) is 2.51. The number of quaternary nitrogens is 1. The van der Waals surface area contributed by atoms with E-state index in [1.807, 2.05) is 25.1 Å². The van der Waals surface area contributed by atoms with Crippen molar-refractivity contribution >= 4 is 11.6 Å². The lowest BCUT2D eigenvalue weighted by Gasteiger charge is -2.34. The van der Waals surface area contributed by atoms with Gasteiger partial charge < -0.3 is 14.5 Å². The number of nitrogens with two attached hydrogens (primary N) is 1. The first-order valence-corrected chi connectivity index (χ1v) is 7.04. The van der Waals surface area contributed by atoms with Gasteiger partial charge in [0.1, 0.15) is 5.75 Å². The van der Waals surface area contributed by atoms with Gasteiger partial charge in [-0.3, -0.25) is 10.2 Å². The minimum atomic E-state index is -0.108. The topological polar surface area (TPSA) is 72.0 Å². The summed E-state index contributed by atoms with van der Waals surface area (Å²) in [5.74, 6) is 5.94.